The van der Waals surface area contributed by atoms with Crippen molar-refractivity contribution in [2.45, 2.75) is 19.3 Å². The Kier molecular flexibility index (Phi) is 8.07. The highest BCUT2D eigenvalue weighted by atomic mass is 14.7. The molecule has 3 heteroatoms. The Bertz CT molecular complexity index is 2040. The van der Waals surface area contributed by atoms with E-state index in [-0.39, 0.29) is 5.92 Å². The molecule has 0 aliphatic carbocycles. The van der Waals surface area contributed by atoms with Gasteiger partial charge in [-0.05, 0) is 71.5 Å². The molecule has 3 nitrogen and oxygen atoms in total. The second-order valence-corrected chi connectivity index (χ2v) is 11.3. The lowest BCUT2D eigenvalue weighted by Gasteiger charge is -2.25. The van der Waals surface area contributed by atoms with E-state index in [0.29, 0.717) is 0 Å². The van der Waals surface area contributed by atoms with E-state index in [0.717, 1.165) is 45.8 Å². The molecule has 216 valence electrons. The summed E-state index contributed by atoms with van der Waals surface area (Å²) in [5.41, 5.74) is 13.6. The molecule has 7 rings (SSSR count). The first kappa shape index (κ1) is 28.1. The van der Waals surface area contributed by atoms with Gasteiger partial charge in [0.2, 0.25) is 0 Å². The van der Waals surface area contributed by atoms with Gasteiger partial charge >= 0.3 is 0 Å². The topological polar surface area (TPSA) is 38.7 Å². The number of nitrogens with zero attached hydrogens (tertiary/aromatic N) is 3. The van der Waals surface area contributed by atoms with Gasteiger partial charge in [0.1, 0.15) is 0 Å². The number of aryl methyl sites for hydroxylation is 1. The molecule has 1 atom stereocenters. The minimum Gasteiger partial charge on any atom is -0.256 e. The predicted molar refractivity (Wildman–Crippen MR) is 185 cm³/mol. The minimum atomic E-state index is 0.0279. The smallest absolute Gasteiger partial charge is 0.0708 e. The molecule has 7 aromatic rings. The van der Waals surface area contributed by atoms with Gasteiger partial charge in [-0.15, -0.1) is 0 Å². The highest BCUT2D eigenvalue weighted by Gasteiger charge is 2.24. The summed E-state index contributed by atoms with van der Waals surface area (Å²) in [5, 5.41) is 0. The van der Waals surface area contributed by atoms with E-state index in [1.54, 1.807) is 0 Å². The van der Waals surface area contributed by atoms with E-state index in [2.05, 4.69) is 134 Å². The first-order chi connectivity index (χ1) is 22.3. The van der Waals surface area contributed by atoms with Gasteiger partial charge in [0, 0.05) is 46.8 Å². The van der Waals surface area contributed by atoms with Crippen molar-refractivity contribution in [2.24, 2.45) is 0 Å². The Morgan fingerprint density at radius 2 is 1.00 bits per heavy atom. The molecule has 3 heterocycles. The average molecular weight is 580 g/mol. The third-order valence-electron chi connectivity index (χ3n) is 8.47. The lowest BCUT2D eigenvalue weighted by atomic mass is 9.79. The summed E-state index contributed by atoms with van der Waals surface area (Å²) in [6, 6.07) is 51.0. The summed E-state index contributed by atoms with van der Waals surface area (Å²) in [6.45, 7) is 2.17. The van der Waals surface area contributed by atoms with Crippen molar-refractivity contribution in [1.82, 2.24) is 15.0 Å². The van der Waals surface area contributed by atoms with Crippen LogP contribution in [0.4, 0.5) is 0 Å². The molecule has 0 fully saturated rings. The monoisotopic (exact) mass is 579 g/mol. The maximum absolute atomic E-state index is 5.05. The van der Waals surface area contributed by atoms with Crippen LogP contribution < -0.4 is 0 Å². The molecule has 0 radical (unpaired) electrons. The van der Waals surface area contributed by atoms with Gasteiger partial charge in [0.05, 0.1) is 17.1 Å². The van der Waals surface area contributed by atoms with Crippen LogP contribution in [0.3, 0.4) is 0 Å². The zero-order valence-corrected chi connectivity index (χ0v) is 25.2. The number of aromatic nitrogens is 3. The minimum absolute atomic E-state index is 0.0279. The summed E-state index contributed by atoms with van der Waals surface area (Å²) in [7, 11) is 0. The van der Waals surface area contributed by atoms with Crippen molar-refractivity contribution in [1.29, 1.82) is 0 Å². The number of hydrogen-bond donors (Lipinski definition) is 0. The first-order valence-corrected chi connectivity index (χ1v) is 15.4. The van der Waals surface area contributed by atoms with E-state index in [9.17, 15) is 0 Å². The van der Waals surface area contributed by atoms with Crippen molar-refractivity contribution in [3.8, 4) is 44.9 Å². The molecule has 0 saturated carbocycles. The summed E-state index contributed by atoms with van der Waals surface area (Å²) >= 11 is 0. The van der Waals surface area contributed by atoms with Gasteiger partial charge in [-0.2, -0.15) is 0 Å². The highest BCUT2D eigenvalue weighted by molar-refractivity contribution is 5.74. The number of hydrogen-bond acceptors (Lipinski definition) is 3. The Morgan fingerprint density at radius 1 is 0.467 bits per heavy atom. The lowest BCUT2D eigenvalue weighted by molar-refractivity contribution is 0.808. The number of rotatable bonds is 8. The molecule has 3 aromatic heterocycles. The van der Waals surface area contributed by atoms with Crippen LogP contribution in [0.25, 0.3) is 44.9 Å². The van der Waals surface area contributed by atoms with E-state index in [1.807, 2.05) is 36.8 Å². The Balaban J connectivity index is 1.40. The molecule has 4 aromatic carbocycles. The molecule has 0 spiro atoms. The van der Waals surface area contributed by atoms with Crippen LogP contribution in [0, 0.1) is 6.92 Å². The number of benzene rings is 4. The fraction of sp³-hybridized carbons (Fsp3) is 0.0714. The zero-order chi connectivity index (χ0) is 30.4. The van der Waals surface area contributed by atoms with Crippen molar-refractivity contribution in [3.63, 3.8) is 0 Å². The van der Waals surface area contributed by atoms with Crippen LogP contribution in [0.15, 0.2) is 164 Å². The van der Waals surface area contributed by atoms with Crippen molar-refractivity contribution >= 4 is 0 Å². The van der Waals surface area contributed by atoms with Gasteiger partial charge in [0.15, 0.2) is 0 Å². The van der Waals surface area contributed by atoms with Gasteiger partial charge in [-0.1, -0.05) is 115 Å². The van der Waals surface area contributed by atoms with Gasteiger partial charge in [-0.25, -0.2) is 0 Å². The summed E-state index contributed by atoms with van der Waals surface area (Å²) in [4.78, 5) is 14.5. The van der Waals surface area contributed by atoms with E-state index in [4.69, 9.17) is 15.0 Å². The molecule has 0 bridgehead atoms. The van der Waals surface area contributed by atoms with Crippen LogP contribution in [-0.2, 0) is 6.42 Å². The fourth-order valence-electron chi connectivity index (χ4n) is 6.29. The van der Waals surface area contributed by atoms with Crippen LogP contribution in [0.5, 0.6) is 0 Å². The quantitative estimate of drug-likeness (QED) is 0.180. The van der Waals surface area contributed by atoms with Gasteiger partial charge in [0.25, 0.3) is 0 Å². The maximum Gasteiger partial charge on any atom is 0.0708 e. The average Bonchev–Trinajstić information content (AvgIpc) is 3.12. The second-order valence-electron chi connectivity index (χ2n) is 11.3. The molecule has 1 unspecified atom stereocenters. The van der Waals surface area contributed by atoms with Crippen molar-refractivity contribution < 1.29 is 0 Å². The molecule has 0 N–H and O–H groups in total. The van der Waals surface area contributed by atoms with E-state index < -0.39 is 0 Å². The Hall–Kier alpha value is -5.67. The fourth-order valence-corrected chi connectivity index (χ4v) is 6.29. The van der Waals surface area contributed by atoms with Crippen molar-refractivity contribution in [3.05, 3.63) is 186 Å². The predicted octanol–water partition coefficient (Wildman–Crippen LogP) is 10.2. The van der Waals surface area contributed by atoms with Crippen molar-refractivity contribution in [2.75, 3.05) is 0 Å². The third kappa shape index (κ3) is 5.93. The van der Waals surface area contributed by atoms with Gasteiger partial charge < -0.3 is 0 Å². The largest absolute Gasteiger partial charge is 0.256 e. The van der Waals surface area contributed by atoms with E-state index in [1.165, 1.54) is 27.8 Å². The molecular weight excluding hydrogens is 546 g/mol. The van der Waals surface area contributed by atoms with Crippen LogP contribution in [0.2, 0.25) is 0 Å². The standard InChI is InChI=1S/C42H33N3/c1-30-27-42(45-29-39(30)31-15-3-2-4-16-31)37-22-10-8-20-35(37)38(34-19-7-9-21-36(34)41-24-12-14-26-44-41)28-32-17-5-6-18-33(32)40-23-11-13-25-43-40/h2-27,29,38H,28H2,1H3. The summed E-state index contributed by atoms with van der Waals surface area (Å²) in [5.74, 6) is 0.0279. The first-order valence-electron chi connectivity index (χ1n) is 15.4. The maximum atomic E-state index is 5.05. The summed E-state index contributed by atoms with van der Waals surface area (Å²) < 4.78 is 0. The molecular formula is C42H33N3. The molecule has 0 aliphatic rings. The zero-order valence-electron chi connectivity index (χ0n) is 25.2. The van der Waals surface area contributed by atoms with Crippen LogP contribution in [-0.4, -0.2) is 15.0 Å². The molecule has 0 amide bonds. The lowest BCUT2D eigenvalue weighted by Crippen LogP contribution is -2.10. The van der Waals surface area contributed by atoms with E-state index >= 15 is 0 Å². The molecule has 0 aliphatic heterocycles. The van der Waals surface area contributed by atoms with Crippen LogP contribution >= 0.6 is 0 Å². The summed E-state index contributed by atoms with van der Waals surface area (Å²) in [6.07, 6.45) is 6.54. The highest BCUT2D eigenvalue weighted by Crippen LogP contribution is 2.41. The Morgan fingerprint density at radius 3 is 1.62 bits per heavy atom. The third-order valence-corrected chi connectivity index (χ3v) is 8.47. The van der Waals surface area contributed by atoms with Gasteiger partial charge in [-0.3, -0.25) is 15.0 Å². The SMILES string of the molecule is Cc1cc(-c2ccccc2C(Cc2ccccc2-c2ccccn2)c2ccccc2-c2ccccn2)ncc1-c1ccccc1. The second kappa shape index (κ2) is 12.9. The molecule has 45 heavy (non-hydrogen) atoms. The molecule has 0 saturated heterocycles. The normalized spacial score (nSPS) is 11.7. The Labute approximate surface area is 265 Å². The number of pyridine rings is 3. The van der Waals surface area contributed by atoms with Crippen LogP contribution in [0.1, 0.15) is 28.2 Å².